The number of nitrogens with one attached hydrogen (secondary N) is 2. The number of methoxy groups -OCH3 is 1. The number of carbonyl (C=O) groups excluding carboxylic acids is 4. The van der Waals surface area contributed by atoms with Crippen LogP contribution in [0.2, 0.25) is 0 Å². The van der Waals surface area contributed by atoms with Crippen molar-refractivity contribution in [3.8, 4) is 0 Å². The van der Waals surface area contributed by atoms with Crippen LogP contribution in [0.5, 0.6) is 0 Å². The van der Waals surface area contributed by atoms with E-state index in [1.54, 1.807) is 25.7 Å². The van der Waals surface area contributed by atoms with E-state index in [4.69, 9.17) is 9.47 Å². The van der Waals surface area contributed by atoms with Crippen molar-refractivity contribution in [1.29, 1.82) is 0 Å². The maximum absolute atomic E-state index is 14.5. The second-order valence-electron chi connectivity index (χ2n) is 12.0. The maximum atomic E-state index is 14.5. The average Bonchev–Trinajstić information content (AvgIpc) is 3.00. The summed E-state index contributed by atoms with van der Waals surface area (Å²) in [5.74, 6) is -1.51. The molecule has 2 aromatic carbocycles. The molecule has 2 N–H and O–H groups in total. The minimum atomic E-state index is -1.03. The lowest BCUT2D eigenvalue weighted by molar-refractivity contribution is -0.144. The van der Waals surface area contributed by atoms with Crippen LogP contribution >= 0.6 is 0 Å². The molecule has 2 aromatic rings. The number of rotatable bonds is 17. The van der Waals surface area contributed by atoms with E-state index in [1.807, 2.05) is 61.5 Å². The van der Waals surface area contributed by atoms with Crippen LogP contribution in [0.3, 0.4) is 0 Å². The first kappa shape index (κ1) is 36.3. The lowest BCUT2D eigenvalue weighted by Gasteiger charge is -2.34. The molecular formula is C35H51N3O6. The maximum Gasteiger partial charge on any atom is 0.408 e. The summed E-state index contributed by atoms with van der Waals surface area (Å²) in [6.45, 7) is 9.43. The third-order valence-electron chi connectivity index (χ3n) is 7.21. The summed E-state index contributed by atoms with van der Waals surface area (Å²) < 4.78 is 10.2. The van der Waals surface area contributed by atoms with Crippen LogP contribution in [0, 0.1) is 0 Å². The second-order valence-corrected chi connectivity index (χ2v) is 12.0. The normalized spacial score (nSPS) is 12.5. The molecule has 2 rings (SSSR count). The zero-order valence-corrected chi connectivity index (χ0v) is 27.3. The van der Waals surface area contributed by atoms with Crippen molar-refractivity contribution in [2.24, 2.45) is 0 Å². The number of carbonyl (C=O) groups is 4. The molecule has 0 heterocycles. The summed E-state index contributed by atoms with van der Waals surface area (Å²) in [4.78, 5) is 54.8. The van der Waals surface area contributed by atoms with Crippen molar-refractivity contribution in [2.45, 2.75) is 104 Å². The molecule has 44 heavy (non-hydrogen) atoms. The zero-order chi connectivity index (χ0) is 32.5. The minimum absolute atomic E-state index is 0.206. The van der Waals surface area contributed by atoms with Gasteiger partial charge in [0.1, 0.15) is 24.2 Å². The SMILES string of the molecule is CCCCCCCCN(C(=O)C(Cc1ccccc1)NC(=O)OC(C)(C)C)C(C(=O)NCC(=O)OC)c1ccc(CC)cc1. The number of alkyl carbamates (subject to hydrolysis) is 1. The molecular weight excluding hydrogens is 558 g/mol. The van der Waals surface area contributed by atoms with E-state index in [0.717, 1.165) is 49.7 Å². The Morgan fingerprint density at radius 3 is 2.07 bits per heavy atom. The highest BCUT2D eigenvalue weighted by Gasteiger charge is 2.36. The van der Waals surface area contributed by atoms with Gasteiger partial charge in [0.25, 0.3) is 0 Å². The third kappa shape index (κ3) is 12.8. The van der Waals surface area contributed by atoms with E-state index in [1.165, 1.54) is 7.11 Å². The summed E-state index contributed by atoms with van der Waals surface area (Å²) in [5.41, 5.74) is 1.78. The molecule has 0 saturated carbocycles. The fraction of sp³-hybridized carbons (Fsp3) is 0.543. The van der Waals surface area contributed by atoms with E-state index >= 15 is 0 Å². The number of esters is 1. The number of ether oxygens (including phenoxy) is 2. The Kier molecular flexibility index (Phi) is 15.4. The summed E-state index contributed by atoms with van der Waals surface area (Å²) in [7, 11) is 1.25. The molecule has 9 nitrogen and oxygen atoms in total. The van der Waals surface area contributed by atoms with Gasteiger partial charge in [0.15, 0.2) is 0 Å². The van der Waals surface area contributed by atoms with Crippen molar-refractivity contribution < 1.29 is 28.7 Å². The largest absolute Gasteiger partial charge is 0.468 e. The number of amides is 3. The molecule has 3 amide bonds. The predicted molar refractivity (Wildman–Crippen MR) is 172 cm³/mol. The Morgan fingerprint density at radius 2 is 1.48 bits per heavy atom. The van der Waals surface area contributed by atoms with Gasteiger partial charge in [-0.05, 0) is 50.3 Å². The Labute approximate surface area is 263 Å². The monoisotopic (exact) mass is 609 g/mol. The fourth-order valence-corrected chi connectivity index (χ4v) is 4.87. The average molecular weight is 610 g/mol. The highest BCUT2D eigenvalue weighted by atomic mass is 16.6. The Balaban J connectivity index is 2.53. The predicted octanol–water partition coefficient (Wildman–Crippen LogP) is 5.90. The minimum Gasteiger partial charge on any atom is -0.468 e. The van der Waals surface area contributed by atoms with Crippen LogP contribution in [0.15, 0.2) is 54.6 Å². The Bertz CT molecular complexity index is 1180. The molecule has 0 saturated heterocycles. The van der Waals surface area contributed by atoms with E-state index in [0.29, 0.717) is 12.0 Å². The van der Waals surface area contributed by atoms with Crippen molar-refractivity contribution in [3.63, 3.8) is 0 Å². The van der Waals surface area contributed by atoms with Crippen LogP contribution in [-0.4, -0.2) is 60.6 Å². The molecule has 9 heteroatoms. The van der Waals surface area contributed by atoms with Crippen molar-refractivity contribution in [1.82, 2.24) is 15.5 Å². The number of nitrogens with zero attached hydrogens (tertiary/aromatic N) is 1. The topological polar surface area (TPSA) is 114 Å². The van der Waals surface area contributed by atoms with E-state index in [2.05, 4.69) is 17.6 Å². The lowest BCUT2D eigenvalue weighted by Crippen LogP contribution is -2.54. The van der Waals surface area contributed by atoms with Gasteiger partial charge in [0.2, 0.25) is 11.8 Å². The highest BCUT2D eigenvalue weighted by molar-refractivity contribution is 5.93. The summed E-state index contributed by atoms with van der Waals surface area (Å²) in [5, 5.41) is 5.44. The number of hydrogen-bond donors (Lipinski definition) is 2. The molecule has 2 atom stereocenters. The first-order chi connectivity index (χ1) is 21.0. The lowest BCUT2D eigenvalue weighted by atomic mass is 9.98. The quantitative estimate of drug-likeness (QED) is 0.170. The first-order valence-corrected chi connectivity index (χ1v) is 15.8. The molecule has 0 aromatic heterocycles. The molecule has 2 unspecified atom stereocenters. The van der Waals surface area contributed by atoms with Crippen LogP contribution in [0.4, 0.5) is 4.79 Å². The van der Waals surface area contributed by atoms with Gasteiger partial charge in [-0.25, -0.2) is 4.79 Å². The molecule has 0 spiro atoms. The Morgan fingerprint density at radius 1 is 0.841 bits per heavy atom. The molecule has 0 aliphatic heterocycles. The van der Waals surface area contributed by atoms with Crippen molar-refractivity contribution >= 4 is 23.9 Å². The van der Waals surface area contributed by atoms with E-state index in [-0.39, 0.29) is 19.5 Å². The fourth-order valence-electron chi connectivity index (χ4n) is 4.87. The molecule has 0 aliphatic rings. The molecule has 242 valence electrons. The van der Waals surface area contributed by atoms with Gasteiger partial charge in [-0.3, -0.25) is 14.4 Å². The number of aryl methyl sites for hydroxylation is 1. The van der Waals surface area contributed by atoms with Gasteiger partial charge in [0, 0.05) is 13.0 Å². The smallest absolute Gasteiger partial charge is 0.408 e. The summed E-state index contributed by atoms with van der Waals surface area (Å²) in [6.07, 6.45) is 6.25. The standard InChI is InChI=1S/C35H51N3O6/c1-7-9-10-11-12-16-23-38(31(32(40)36-25-30(39)43-6)28-21-19-26(8-2)20-22-28)33(41)29(24-27-17-14-13-15-18-27)37-34(42)44-35(3,4)5/h13-15,17-22,29,31H,7-12,16,23-25H2,1-6H3,(H,36,40)(H,37,42). The van der Waals surface area contributed by atoms with Gasteiger partial charge in [-0.2, -0.15) is 0 Å². The van der Waals surface area contributed by atoms with E-state index in [9.17, 15) is 19.2 Å². The molecule has 0 fully saturated rings. The van der Waals surface area contributed by atoms with Gasteiger partial charge >= 0.3 is 12.1 Å². The zero-order valence-electron chi connectivity index (χ0n) is 27.3. The van der Waals surface area contributed by atoms with Crippen molar-refractivity contribution in [3.05, 3.63) is 71.3 Å². The second kappa shape index (κ2) is 18.7. The summed E-state index contributed by atoms with van der Waals surface area (Å²) in [6, 6.07) is 14.9. The van der Waals surface area contributed by atoms with Crippen LogP contribution in [-0.2, 0) is 36.7 Å². The number of benzene rings is 2. The van der Waals surface area contributed by atoms with Gasteiger partial charge in [0.05, 0.1) is 7.11 Å². The molecule has 0 radical (unpaired) electrons. The van der Waals surface area contributed by atoms with Gasteiger partial charge in [-0.1, -0.05) is 101 Å². The Hall–Kier alpha value is -3.88. The van der Waals surface area contributed by atoms with Crippen LogP contribution in [0.25, 0.3) is 0 Å². The molecule has 0 bridgehead atoms. The van der Waals surface area contributed by atoms with Gasteiger partial charge < -0.3 is 25.0 Å². The summed E-state index contributed by atoms with van der Waals surface area (Å²) >= 11 is 0. The van der Waals surface area contributed by atoms with Crippen LogP contribution < -0.4 is 10.6 Å². The highest BCUT2D eigenvalue weighted by Crippen LogP contribution is 2.25. The molecule has 0 aliphatic carbocycles. The van der Waals surface area contributed by atoms with Crippen molar-refractivity contribution in [2.75, 3.05) is 20.2 Å². The van der Waals surface area contributed by atoms with Crippen LogP contribution in [0.1, 0.15) is 95.9 Å². The van der Waals surface area contributed by atoms with E-state index < -0.39 is 41.6 Å². The number of hydrogen-bond acceptors (Lipinski definition) is 6. The third-order valence-corrected chi connectivity index (χ3v) is 7.21. The first-order valence-electron chi connectivity index (χ1n) is 15.8. The number of unbranched alkanes of at least 4 members (excludes halogenated alkanes) is 5. The van der Waals surface area contributed by atoms with Gasteiger partial charge in [-0.15, -0.1) is 0 Å².